The van der Waals surface area contributed by atoms with E-state index in [9.17, 15) is 9.59 Å². The second kappa shape index (κ2) is 9.09. The lowest BCUT2D eigenvalue weighted by molar-refractivity contribution is -0.141. The summed E-state index contributed by atoms with van der Waals surface area (Å²) in [4.78, 5) is 28.1. The minimum Gasteiger partial charge on any atom is -0.353 e. The van der Waals surface area contributed by atoms with Crippen LogP contribution in [0.4, 0.5) is 0 Å². The van der Waals surface area contributed by atoms with Crippen LogP contribution in [0, 0.1) is 24.2 Å². The zero-order chi connectivity index (χ0) is 22.9. The summed E-state index contributed by atoms with van der Waals surface area (Å²) in [6, 6.07) is 17.1. The van der Waals surface area contributed by atoms with E-state index in [1.165, 1.54) is 22.3 Å². The standard InChI is InChI=1S/C28H36N2O2/c1-19(2)29-27(32)28(12-14-30(15-13-28)26(31)25-16-21(25)4)18-22-9-7-10-23(17-22)24-11-6-5-8-20(24)3/h5-11,17,19,21,25H,12-16,18H2,1-4H3,(H,29,32)/t21-,25+/m0/s1. The fourth-order valence-electron chi connectivity index (χ4n) is 5.09. The molecule has 170 valence electrons. The molecule has 1 saturated carbocycles. The molecule has 1 aliphatic heterocycles. The Morgan fingerprint density at radius 3 is 2.41 bits per heavy atom. The summed E-state index contributed by atoms with van der Waals surface area (Å²) in [5.74, 6) is 1.14. The molecule has 2 fully saturated rings. The molecule has 32 heavy (non-hydrogen) atoms. The van der Waals surface area contributed by atoms with E-state index in [4.69, 9.17) is 0 Å². The van der Waals surface area contributed by atoms with Crippen molar-refractivity contribution in [3.05, 3.63) is 59.7 Å². The van der Waals surface area contributed by atoms with Crippen LogP contribution in [0.5, 0.6) is 0 Å². The lowest BCUT2D eigenvalue weighted by Crippen LogP contribution is -2.52. The molecule has 4 heteroatoms. The summed E-state index contributed by atoms with van der Waals surface area (Å²) < 4.78 is 0. The molecule has 2 aromatic rings. The van der Waals surface area contributed by atoms with E-state index < -0.39 is 5.41 Å². The maximum Gasteiger partial charge on any atom is 0.226 e. The van der Waals surface area contributed by atoms with Crippen LogP contribution in [0.2, 0.25) is 0 Å². The van der Waals surface area contributed by atoms with Crippen LogP contribution in [-0.2, 0) is 16.0 Å². The predicted octanol–water partition coefficient (Wildman–Crippen LogP) is 4.99. The van der Waals surface area contributed by atoms with E-state index >= 15 is 0 Å². The molecule has 4 nitrogen and oxygen atoms in total. The number of carbonyl (C=O) groups is 2. The van der Waals surface area contributed by atoms with Gasteiger partial charge < -0.3 is 10.2 Å². The van der Waals surface area contributed by atoms with Crippen LogP contribution in [0.3, 0.4) is 0 Å². The fourth-order valence-corrected chi connectivity index (χ4v) is 5.09. The van der Waals surface area contributed by atoms with E-state index in [0.717, 1.165) is 6.42 Å². The van der Waals surface area contributed by atoms with Gasteiger partial charge in [-0.15, -0.1) is 0 Å². The van der Waals surface area contributed by atoms with Gasteiger partial charge in [0.15, 0.2) is 0 Å². The van der Waals surface area contributed by atoms with Crippen molar-refractivity contribution >= 4 is 11.8 Å². The van der Waals surface area contributed by atoms with Crippen molar-refractivity contribution in [1.82, 2.24) is 10.2 Å². The summed E-state index contributed by atoms with van der Waals surface area (Å²) in [6.07, 6.45) is 3.15. The molecular formula is C28H36N2O2. The van der Waals surface area contributed by atoms with Gasteiger partial charge in [-0.25, -0.2) is 0 Å². The molecule has 0 aromatic heterocycles. The molecule has 2 amide bonds. The Kier molecular flexibility index (Phi) is 6.41. The van der Waals surface area contributed by atoms with Crippen molar-refractivity contribution in [2.45, 2.75) is 59.4 Å². The Labute approximate surface area is 192 Å². The number of hydrogen-bond acceptors (Lipinski definition) is 2. The van der Waals surface area contributed by atoms with Gasteiger partial charge in [0.05, 0.1) is 5.41 Å². The predicted molar refractivity (Wildman–Crippen MR) is 129 cm³/mol. The minimum atomic E-state index is -0.472. The molecule has 2 atom stereocenters. The van der Waals surface area contributed by atoms with Crippen molar-refractivity contribution in [2.24, 2.45) is 17.3 Å². The average molecular weight is 433 g/mol. The number of nitrogens with one attached hydrogen (secondary N) is 1. The van der Waals surface area contributed by atoms with Crippen LogP contribution in [0.15, 0.2) is 48.5 Å². The molecule has 1 aliphatic carbocycles. The van der Waals surface area contributed by atoms with Crippen molar-refractivity contribution in [2.75, 3.05) is 13.1 Å². The Balaban J connectivity index is 1.56. The first-order chi connectivity index (χ1) is 15.3. The number of benzene rings is 2. The van der Waals surface area contributed by atoms with E-state index in [2.05, 4.69) is 67.7 Å². The van der Waals surface area contributed by atoms with Gasteiger partial charge in [0, 0.05) is 25.0 Å². The van der Waals surface area contributed by atoms with Gasteiger partial charge in [-0.05, 0) is 74.6 Å². The number of carbonyl (C=O) groups excluding carboxylic acids is 2. The average Bonchev–Trinajstić information content (AvgIpc) is 3.50. The number of rotatable bonds is 6. The normalized spacial score (nSPS) is 22.0. The number of hydrogen-bond donors (Lipinski definition) is 1. The summed E-state index contributed by atoms with van der Waals surface area (Å²) in [5, 5.41) is 3.17. The highest BCUT2D eigenvalue weighted by molar-refractivity contribution is 5.85. The molecule has 0 unspecified atom stereocenters. The van der Waals surface area contributed by atoms with E-state index in [1.54, 1.807) is 0 Å². The third-order valence-corrected chi connectivity index (χ3v) is 7.29. The van der Waals surface area contributed by atoms with E-state index in [1.807, 2.05) is 18.7 Å². The lowest BCUT2D eigenvalue weighted by atomic mass is 9.72. The zero-order valence-corrected chi connectivity index (χ0v) is 19.9. The maximum atomic E-state index is 13.4. The van der Waals surface area contributed by atoms with Crippen molar-refractivity contribution in [3.8, 4) is 11.1 Å². The highest BCUT2D eigenvalue weighted by Gasteiger charge is 2.46. The van der Waals surface area contributed by atoms with Crippen molar-refractivity contribution in [1.29, 1.82) is 0 Å². The van der Waals surface area contributed by atoms with Gasteiger partial charge >= 0.3 is 0 Å². The minimum absolute atomic E-state index is 0.102. The molecule has 0 bridgehead atoms. The number of nitrogens with zero attached hydrogens (tertiary/aromatic N) is 1. The first-order valence-corrected chi connectivity index (χ1v) is 12.0. The largest absolute Gasteiger partial charge is 0.353 e. The third-order valence-electron chi connectivity index (χ3n) is 7.29. The quantitative estimate of drug-likeness (QED) is 0.699. The second-order valence-corrected chi connectivity index (χ2v) is 10.2. The molecule has 1 saturated heterocycles. The summed E-state index contributed by atoms with van der Waals surface area (Å²) >= 11 is 0. The molecule has 4 rings (SSSR count). The van der Waals surface area contributed by atoms with E-state index in [0.29, 0.717) is 38.3 Å². The van der Waals surface area contributed by atoms with Crippen LogP contribution in [0.1, 0.15) is 51.2 Å². The van der Waals surface area contributed by atoms with Crippen molar-refractivity contribution in [3.63, 3.8) is 0 Å². The maximum absolute atomic E-state index is 13.4. The number of likely N-dealkylation sites (tertiary alicyclic amines) is 1. The number of piperidine rings is 1. The molecule has 2 aliphatic rings. The lowest BCUT2D eigenvalue weighted by Gasteiger charge is -2.41. The summed E-state index contributed by atoms with van der Waals surface area (Å²) in [6.45, 7) is 9.65. The Morgan fingerprint density at radius 2 is 1.78 bits per heavy atom. The molecule has 0 radical (unpaired) electrons. The summed E-state index contributed by atoms with van der Waals surface area (Å²) in [7, 11) is 0. The highest BCUT2D eigenvalue weighted by atomic mass is 16.2. The van der Waals surface area contributed by atoms with E-state index in [-0.39, 0.29) is 23.8 Å². The highest BCUT2D eigenvalue weighted by Crippen LogP contribution is 2.42. The smallest absolute Gasteiger partial charge is 0.226 e. The first-order valence-electron chi connectivity index (χ1n) is 12.0. The molecule has 2 aromatic carbocycles. The molecule has 0 spiro atoms. The van der Waals surface area contributed by atoms with Gasteiger partial charge in [0.1, 0.15) is 0 Å². The number of amides is 2. The number of aryl methyl sites for hydroxylation is 1. The third kappa shape index (κ3) is 4.74. The van der Waals surface area contributed by atoms with Crippen molar-refractivity contribution < 1.29 is 9.59 Å². The molecular weight excluding hydrogens is 396 g/mol. The molecule has 1 heterocycles. The van der Waals surface area contributed by atoms with Crippen LogP contribution in [0.25, 0.3) is 11.1 Å². The zero-order valence-electron chi connectivity index (χ0n) is 19.9. The molecule has 1 N–H and O–H groups in total. The van der Waals surface area contributed by atoms with Gasteiger partial charge in [0.25, 0.3) is 0 Å². The summed E-state index contributed by atoms with van der Waals surface area (Å²) in [5.41, 5.74) is 4.38. The van der Waals surface area contributed by atoms with Crippen LogP contribution >= 0.6 is 0 Å². The van der Waals surface area contributed by atoms with Gasteiger partial charge in [-0.2, -0.15) is 0 Å². The van der Waals surface area contributed by atoms with Crippen LogP contribution in [-0.4, -0.2) is 35.8 Å². The topological polar surface area (TPSA) is 49.4 Å². The second-order valence-electron chi connectivity index (χ2n) is 10.2. The Hall–Kier alpha value is -2.62. The fraction of sp³-hybridized carbons (Fsp3) is 0.500. The monoisotopic (exact) mass is 432 g/mol. The SMILES string of the molecule is Cc1ccccc1-c1cccc(CC2(C(=O)NC(C)C)CCN(C(=O)[C@@H]3C[C@@H]3C)CC2)c1. The van der Waals surface area contributed by atoms with Gasteiger partial charge in [-0.3, -0.25) is 9.59 Å². The van der Waals surface area contributed by atoms with Crippen LogP contribution < -0.4 is 5.32 Å². The van der Waals surface area contributed by atoms with Gasteiger partial charge in [-0.1, -0.05) is 55.5 Å². The Bertz CT molecular complexity index is 988. The first kappa shape index (κ1) is 22.6. The Morgan fingerprint density at radius 1 is 1.09 bits per heavy atom. The van der Waals surface area contributed by atoms with Gasteiger partial charge in [0.2, 0.25) is 11.8 Å².